The third kappa shape index (κ3) is 4.41. The molecule has 7 nitrogen and oxygen atoms in total. The Bertz CT molecular complexity index is 1180. The standard InChI is InChI=1S/C23H25FN4O3S/c1-32(30,31)19-6-7-21(26-8-2-3-9-26)20(15-19)23(29)28-12-10-27(11-13-28)22-14-18(24)5-4-17(22)16-25/h4-7,14-15H,2-3,8-13H2,1H3. The predicted molar refractivity (Wildman–Crippen MR) is 120 cm³/mol. The number of anilines is 2. The molecule has 0 unspecified atom stereocenters. The van der Waals surface area contributed by atoms with Crippen LogP contribution in [0, 0.1) is 17.1 Å². The van der Waals surface area contributed by atoms with E-state index < -0.39 is 15.7 Å². The van der Waals surface area contributed by atoms with Crippen molar-refractivity contribution in [3.63, 3.8) is 0 Å². The molecule has 2 fully saturated rings. The molecule has 32 heavy (non-hydrogen) atoms. The summed E-state index contributed by atoms with van der Waals surface area (Å²) in [4.78, 5) is 19.3. The number of halogens is 1. The molecule has 2 heterocycles. The van der Waals surface area contributed by atoms with Gasteiger partial charge in [0.05, 0.1) is 21.7 Å². The molecule has 9 heteroatoms. The first-order chi connectivity index (χ1) is 15.3. The van der Waals surface area contributed by atoms with Crippen molar-refractivity contribution in [1.29, 1.82) is 5.26 Å². The summed E-state index contributed by atoms with van der Waals surface area (Å²) in [6.45, 7) is 3.36. The van der Waals surface area contributed by atoms with Gasteiger partial charge >= 0.3 is 0 Å². The van der Waals surface area contributed by atoms with E-state index in [0.29, 0.717) is 43.0 Å². The topological polar surface area (TPSA) is 84.7 Å². The Balaban J connectivity index is 1.58. The third-order valence-electron chi connectivity index (χ3n) is 6.06. The van der Waals surface area contributed by atoms with Gasteiger partial charge in [0.15, 0.2) is 9.84 Å². The number of sulfone groups is 1. The van der Waals surface area contributed by atoms with Crippen LogP contribution in [0.1, 0.15) is 28.8 Å². The van der Waals surface area contributed by atoms with Gasteiger partial charge in [-0.15, -0.1) is 0 Å². The molecule has 2 aliphatic heterocycles. The van der Waals surface area contributed by atoms with Crippen molar-refractivity contribution in [1.82, 2.24) is 4.90 Å². The van der Waals surface area contributed by atoms with Crippen LogP contribution < -0.4 is 9.80 Å². The van der Waals surface area contributed by atoms with Crippen molar-refractivity contribution < 1.29 is 17.6 Å². The second-order valence-electron chi connectivity index (χ2n) is 8.20. The highest BCUT2D eigenvalue weighted by Crippen LogP contribution is 2.29. The van der Waals surface area contributed by atoms with Crippen LogP contribution in [0.3, 0.4) is 0 Å². The SMILES string of the molecule is CS(=O)(=O)c1ccc(N2CCCC2)c(C(=O)N2CCN(c3cc(F)ccc3C#N)CC2)c1. The summed E-state index contributed by atoms with van der Waals surface area (Å²) in [6.07, 6.45) is 3.21. The van der Waals surface area contributed by atoms with Gasteiger partial charge in [0.1, 0.15) is 11.9 Å². The average molecular weight is 457 g/mol. The van der Waals surface area contributed by atoms with Crippen LogP contribution in [0.15, 0.2) is 41.3 Å². The maximum absolute atomic E-state index is 13.7. The lowest BCUT2D eigenvalue weighted by molar-refractivity contribution is 0.0747. The molecule has 0 bridgehead atoms. The lowest BCUT2D eigenvalue weighted by atomic mass is 10.1. The largest absolute Gasteiger partial charge is 0.371 e. The number of rotatable bonds is 4. The van der Waals surface area contributed by atoms with Gasteiger partial charge in [0.2, 0.25) is 0 Å². The minimum Gasteiger partial charge on any atom is -0.371 e. The molecule has 4 rings (SSSR count). The molecule has 0 radical (unpaired) electrons. The summed E-state index contributed by atoms with van der Waals surface area (Å²) < 4.78 is 37.9. The Morgan fingerprint density at radius 3 is 2.22 bits per heavy atom. The van der Waals surface area contributed by atoms with E-state index in [9.17, 15) is 22.9 Å². The van der Waals surface area contributed by atoms with Crippen molar-refractivity contribution in [3.8, 4) is 6.07 Å². The number of piperazine rings is 1. The molecular weight excluding hydrogens is 431 g/mol. The van der Waals surface area contributed by atoms with Crippen molar-refractivity contribution in [2.45, 2.75) is 17.7 Å². The van der Waals surface area contributed by atoms with Crippen LogP contribution in [0.25, 0.3) is 0 Å². The first-order valence-electron chi connectivity index (χ1n) is 10.6. The fraction of sp³-hybridized carbons (Fsp3) is 0.391. The summed E-state index contributed by atoms with van der Waals surface area (Å²) in [5.74, 6) is -0.623. The Kier molecular flexibility index (Phi) is 6.07. The minimum absolute atomic E-state index is 0.126. The molecule has 2 saturated heterocycles. The van der Waals surface area contributed by atoms with E-state index >= 15 is 0 Å². The Morgan fingerprint density at radius 2 is 1.59 bits per heavy atom. The highest BCUT2D eigenvalue weighted by Gasteiger charge is 2.28. The zero-order valence-corrected chi connectivity index (χ0v) is 18.7. The number of benzene rings is 2. The molecule has 2 aliphatic rings. The van der Waals surface area contributed by atoms with Crippen LogP contribution >= 0.6 is 0 Å². The van der Waals surface area contributed by atoms with Crippen LogP contribution in [0.5, 0.6) is 0 Å². The molecule has 2 aromatic rings. The normalized spacial score (nSPS) is 16.8. The van der Waals surface area contributed by atoms with Gasteiger partial charge < -0.3 is 14.7 Å². The van der Waals surface area contributed by atoms with Crippen molar-refractivity contribution in [2.24, 2.45) is 0 Å². The Labute approximate surface area is 187 Å². The molecule has 0 aromatic heterocycles. The molecule has 0 atom stereocenters. The van der Waals surface area contributed by atoms with Crippen molar-refractivity contribution in [3.05, 3.63) is 53.3 Å². The number of amides is 1. The molecular formula is C23H25FN4O3S. The highest BCUT2D eigenvalue weighted by atomic mass is 32.2. The second-order valence-corrected chi connectivity index (χ2v) is 10.2. The number of carbonyl (C=O) groups excluding carboxylic acids is 1. The van der Waals surface area contributed by atoms with Crippen LogP contribution in [0.2, 0.25) is 0 Å². The molecule has 0 N–H and O–H groups in total. The van der Waals surface area contributed by atoms with Crippen molar-refractivity contribution >= 4 is 27.1 Å². The molecule has 0 saturated carbocycles. The number of hydrogen-bond acceptors (Lipinski definition) is 6. The van der Waals surface area contributed by atoms with Gasteiger partial charge in [-0.2, -0.15) is 5.26 Å². The summed E-state index contributed by atoms with van der Waals surface area (Å²) in [5.41, 5.74) is 2.07. The molecule has 2 aromatic carbocycles. The summed E-state index contributed by atoms with van der Waals surface area (Å²) >= 11 is 0. The zero-order chi connectivity index (χ0) is 22.9. The van der Waals surface area contributed by atoms with Crippen molar-refractivity contribution in [2.75, 3.05) is 55.3 Å². The number of carbonyl (C=O) groups is 1. The molecule has 1 amide bonds. The predicted octanol–water partition coefficient (Wildman–Crippen LogP) is 2.66. The lowest BCUT2D eigenvalue weighted by Crippen LogP contribution is -2.49. The second kappa shape index (κ2) is 8.79. The van der Waals surface area contributed by atoms with Gasteiger partial charge in [-0.1, -0.05) is 0 Å². The van der Waals surface area contributed by atoms with E-state index in [1.165, 1.54) is 24.3 Å². The van der Waals surface area contributed by atoms with Crippen LogP contribution in [-0.4, -0.2) is 64.7 Å². The van der Waals surface area contributed by atoms with E-state index in [2.05, 4.69) is 11.0 Å². The van der Waals surface area contributed by atoms with E-state index in [1.807, 2.05) is 4.90 Å². The third-order valence-corrected chi connectivity index (χ3v) is 7.17. The zero-order valence-electron chi connectivity index (χ0n) is 17.9. The fourth-order valence-electron chi connectivity index (χ4n) is 4.33. The van der Waals surface area contributed by atoms with Crippen LogP contribution in [0.4, 0.5) is 15.8 Å². The first kappa shape index (κ1) is 22.1. The van der Waals surface area contributed by atoms with Crippen LogP contribution in [-0.2, 0) is 9.84 Å². The average Bonchev–Trinajstić information content (AvgIpc) is 3.32. The quantitative estimate of drug-likeness (QED) is 0.703. The Hall–Kier alpha value is -3.12. The maximum Gasteiger partial charge on any atom is 0.256 e. The van der Waals surface area contributed by atoms with Gasteiger partial charge in [-0.05, 0) is 49.2 Å². The van der Waals surface area contributed by atoms with E-state index in [1.54, 1.807) is 17.0 Å². The van der Waals surface area contributed by atoms with Gasteiger partial charge in [0, 0.05) is 51.2 Å². The molecule has 0 spiro atoms. The smallest absolute Gasteiger partial charge is 0.256 e. The van der Waals surface area contributed by atoms with E-state index in [0.717, 1.165) is 37.9 Å². The molecule has 168 valence electrons. The molecule has 0 aliphatic carbocycles. The monoisotopic (exact) mass is 456 g/mol. The minimum atomic E-state index is -3.45. The number of nitrogens with zero attached hydrogens (tertiary/aromatic N) is 4. The van der Waals surface area contributed by atoms with Gasteiger partial charge in [0.25, 0.3) is 5.91 Å². The number of hydrogen-bond donors (Lipinski definition) is 0. The van der Waals surface area contributed by atoms with Gasteiger partial charge in [-0.3, -0.25) is 4.79 Å². The fourth-order valence-corrected chi connectivity index (χ4v) is 4.98. The lowest BCUT2D eigenvalue weighted by Gasteiger charge is -2.37. The number of nitriles is 1. The summed E-state index contributed by atoms with van der Waals surface area (Å²) in [5, 5.41) is 9.34. The summed E-state index contributed by atoms with van der Waals surface area (Å²) in [7, 11) is -3.45. The maximum atomic E-state index is 13.7. The van der Waals surface area contributed by atoms with E-state index in [4.69, 9.17) is 0 Å². The van der Waals surface area contributed by atoms with Gasteiger partial charge in [-0.25, -0.2) is 12.8 Å². The highest BCUT2D eigenvalue weighted by molar-refractivity contribution is 7.90. The van der Waals surface area contributed by atoms with E-state index in [-0.39, 0.29) is 10.8 Å². The summed E-state index contributed by atoms with van der Waals surface area (Å²) in [6, 6.07) is 10.9. The Morgan fingerprint density at radius 1 is 0.938 bits per heavy atom. The first-order valence-corrected chi connectivity index (χ1v) is 12.5.